The lowest BCUT2D eigenvalue weighted by molar-refractivity contribution is -0.157. The molecule has 0 radical (unpaired) electrons. The number of carbonyl (C=O) groups excluding carboxylic acids is 1. The van der Waals surface area contributed by atoms with Crippen LogP contribution in [0, 0.1) is 0 Å². The molecule has 9 heteroatoms. The predicted molar refractivity (Wildman–Crippen MR) is 85.2 cm³/mol. The normalized spacial score (nSPS) is 14.7. The fourth-order valence-electron chi connectivity index (χ4n) is 3.06. The van der Waals surface area contributed by atoms with Crippen molar-refractivity contribution in [3.8, 4) is 5.69 Å². The first kappa shape index (κ1) is 18.0. The highest BCUT2D eigenvalue weighted by Gasteiger charge is 2.37. The number of amides is 1. The molecule has 0 fully saturated rings. The van der Waals surface area contributed by atoms with Gasteiger partial charge in [-0.15, -0.1) is 0 Å². The number of aliphatic carboxylic acids is 1. The lowest BCUT2D eigenvalue weighted by Crippen LogP contribution is -2.44. The van der Waals surface area contributed by atoms with Gasteiger partial charge in [0.05, 0.1) is 12.1 Å². The molecule has 1 amide bonds. The Morgan fingerprint density at radius 2 is 1.92 bits per heavy atom. The fraction of sp³-hybridized carbons (Fsp3) is 0.353. The number of nitrogens with one attached hydrogen (secondary N) is 1. The van der Waals surface area contributed by atoms with E-state index in [2.05, 4.69) is 5.10 Å². The molecule has 1 aliphatic carbocycles. The summed E-state index contributed by atoms with van der Waals surface area (Å²) in [5.74, 6) is -2.65. The summed E-state index contributed by atoms with van der Waals surface area (Å²) >= 11 is 0. The molecule has 138 valence electrons. The van der Waals surface area contributed by atoms with Crippen molar-refractivity contribution in [2.45, 2.75) is 37.9 Å². The molecule has 1 atom stereocenters. The number of fused-ring (bicyclic) bond motifs is 1. The molecule has 0 saturated heterocycles. The van der Waals surface area contributed by atoms with Gasteiger partial charge < -0.3 is 10.4 Å². The summed E-state index contributed by atoms with van der Waals surface area (Å²) in [4.78, 5) is 23.5. The molecule has 1 aromatic carbocycles. The number of rotatable bonds is 5. The van der Waals surface area contributed by atoms with Gasteiger partial charge in [-0.3, -0.25) is 4.79 Å². The van der Waals surface area contributed by atoms with Crippen LogP contribution in [0.1, 0.15) is 34.6 Å². The minimum Gasteiger partial charge on any atom is -0.480 e. The van der Waals surface area contributed by atoms with Crippen molar-refractivity contribution in [1.82, 2.24) is 15.1 Å². The molecule has 1 unspecified atom stereocenters. The Hall–Kier alpha value is -2.84. The zero-order chi connectivity index (χ0) is 18.9. The highest BCUT2D eigenvalue weighted by Crippen LogP contribution is 2.28. The van der Waals surface area contributed by atoms with Gasteiger partial charge in [-0.05, 0) is 31.4 Å². The highest BCUT2D eigenvalue weighted by atomic mass is 19.4. The van der Waals surface area contributed by atoms with Gasteiger partial charge in [-0.1, -0.05) is 18.2 Å². The largest absolute Gasteiger partial charge is 0.480 e. The summed E-state index contributed by atoms with van der Waals surface area (Å²) in [6, 6.07) is 6.99. The number of halogens is 3. The minimum atomic E-state index is -4.71. The van der Waals surface area contributed by atoms with Crippen molar-refractivity contribution in [2.24, 2.45) is 0 Å². The molecule has 0 spiro atoms. The Labute approximate surface area is 146 Å². The maximum absolute atomic E-state index is 12.5. The second kappa shape index (κ2) is 6.81. The van der Waals surface area contributed by atoms with E-state index in [4.69, 9.17) is 5.11 Å². The zero-order valence-corrected chi connectivity index (χ0v) is 13.6. The fourth-order valence-corrected chi connectivity index (χ4v) is 3.06. The van der Waals surface area contributed by atoms with Crippen LogP contribution in [-0.4, -0.2) is 39.0 Å². The molecular formula is C17H16F3N3O3. The molecule has 1 heterocycles. The second-order valence-corrected chi connectivity index (χ2v) is 6.06. The smallest absolute Gasteiger partial charge is 0.391 e. The van der Waals surface area contributed by atoms with Crippen LogP contribution in [0.4, 0.5) is 13.2 Å². The number of aromatic nitrogens is 2. The number of carboxylic acid groups (broad SMARTS) is 1. The van der Waals surface area contributed by atoms with E-state index < -0.39 is 30.5 Å². The van der Waals surface area contributed by atoms with E-state index >= 15 is 0 Å². The Bertz CT molecular complexity index is 831. The van der Waals surface area contributed by atoms with E-state index in [1.165, 1.54) is 0 Å². The molecule has 26 heavy (non-hydrogen) atoms. The number of alkyl halides is 3. The van der Waals surface area contributed by atoms with Crippen LogP contribution in [0.2, 0.25) is 0 Å². The summed E-state index contributed by atoms with van der Waals surface area (Å²) in [5, 5.41) is 15.2. The van der Waals surface area contributed by atoms with Gasteiger partial charge >= 0.3 is 12.1 Å². The number of para-hydroxylation sites is 1. The highest BCUT2D eigenvalue weighted by molar-refractivity contribution is 5.96. The van der Waals surface area contributed by atoms with Gasteiger partial charge in [0.15, 0.2) is 5.69 Å². The minimum absolute atomic E-state index is 0.0187. The number of hydrogen-bond donors (Lipinski definition) is 2. The summed E-state index contributed by atoms with van der Waals surface area (Å²) in [5.41, 5.74) is 2.19. The molecule has 0 bridgehead atoms. The molecule has 1 aromatic heterocycles. The maximum atomic E-state index is 12.5. The zero-order valence-electron chi connectivity index (χ0n) is 13.6. The number of benzene rings is 1. The third-order valence-corrected chi connectivity index (χ3v) is 4.19. The van der Waals surface area contributed by atoms with Crippen molar-refractivity contribution in [1.29, 1.82) is 0 Å². The standard InChI is InChI=1S/C17H16F3N3O3/c18-17(19,20)9-12(16(25)26)21-15(24)14-11-7-4-8-13(11)23(22-14)10-5-2-1-3-6-10/h1-3,5-6,12H,4,7-9H2,(H,21,24)(H,25,26). The molecule has 0 saturated carbocycles. The molecular weight excluding hydrogens is 351 g/mol. The lowest BCUT2D eigenvalue weighted by Gasteiger charge is -2.15. The Morgan fingerprint density at radius 1 is 1.23 bits per heavy atom. The van der Waals surface area contributed by atoms with Crippen molar-refractivity contribution in [3.63, 3.8) is 0 Å². The summed E-state index contributed by atoms with van der Waals surface area (Å²) in [7, 11) is 0. The second-order valence-electron chi connectivity index (χ2n) is 6.06. The van der Waals surface area contributed by atoms with Crippen LogP contribution in [0.25, 0.3) is 5.69 Å². The number of carboxylic acids is 1. The SMILES string of the molecule is O=C(NC(CC(F)(F)F)C(=O)O)c1nn(-c2ccccc2)c2c1CCC2. The first-order chi connectivity index (χ1) is 12.3. The Balaban J connectivity index is 1.89. The number of carbonyl (C=O) groups is 2. The van der Waals surface area contributed by atoms with Crippen LogP contribution in [0.5, 0.6) is 0 Å². The van der Waals surface area contributed by atoms with Crippen LogP contribution < -0.4 is 5.32 Å². The first-order valence-corrected chi connectivity index (χ1v) is 8.03. The van der Waals surface area contributed by atoms with E-state index in [-0.39, 0.29) is 5.69 Å². The average Bonchev–Trinajstić information content (AvgIpc) is 3.15. The van der Waals surface area contributed by atoms with Gasteiger partial charge in [-0.2, -0.15) is 18.3 Å². The summed E-state index contributed by atoms with van der Waals surface area (Å²) in [6.45, 7) is 0. The van der Waals surface area contributed by atoms with E-state index in [1.54, 1.807) is 16.8 Å². The van der Waals surface area contributed by atoms with E-state index in [1.807, 2.05) is 23.5 Å². The van der Waals surface area contributed by atoms with Crippen molar-refractivity contribution >= 4 is 11.9 Å². The third kappa shape index (κ3) is 3.71. The van der Waals surface area contributed by atoms with E-state index in [0.717, 1.165) is 17.8 Å². The van der Waals surface area contributed by atoms with Gasteiger partial charge in [-0.25, -0.2) is 9.48 Å². The Morgan fingerprint density at radius 3 is 2.54 bits per heavy atom. The molecule has 6 nitrogen and oxygen atoms in total. The molecule has 2 aromatic rings. The van der Waals surface area contributed by atoms with Gasteiger partial charge in [0.25, 0.3) is 5.91 Å². The number of hydrogen-bond acceptors (Lipinski definition) is 3. The van der Waals surface area contributed by atoms with Crippen molar-refractivity contribution < 1.29 is 27.9 Å². The van der Waals surface area contributed by atoms with Crippen LogP contribution in [0.3, 0.4) is 0 Å². The van der Waals surface area contributed by atoms with E-state index in [9.17, 15) is 22.8 Å². The van der Waals surface area contributed by atoms with E-state index in [0.29, 0.717) is 18.4 Å². The lowest BCUT2D eigenvalue weighted by atomic mass is 10.1. The quantitative estimate of drug-likeness (QED) is 0.851. The summed E-state index contributed by atoms with van der Waals surface area (Å²) in [6.07, 6.45) is -4.29. The molecule has 1 aliphatic rings. The van der Waals surface area contributed by atoms with Gasteiger partial charge in [0.1, 0.15) is 6.04 Å². The van der Waals surface area contributed by atoms with Crippen molar-refractivity contribution in [2.75, 3.05) is 0 Å². The van der Waals surface area contributed by atoms with Gasteiger partial charge in [0, 0.05) is 11.3 Å². The first-order valence-electron chi connectivity index (χ1n) is 8.03. The third-order valence-electron chi connectivity index (χ3n) is 4.19. The molecule has 2 N–H and O–H groups in total. The van der Waals surface area contributed by atoms with Crippen molar-refractivity contribution in [3.05, 3.63) is 47.3 Å². The molecule has 3 rings (SSSR count). The maximum Gasteiger partial charge on any atom is 0.391 e. The van der Waals surface area contributed by atoms with Crippen LogP contribution in [0.15, 0.2) is 30.3 Å². The Kier molecular flexibility index (Phi) is 4.71. The monoisotopic (exact) mass is 367 g/mol. The topological polar surface area (TPSA) is 84.2 Å². The molecule has 0 aliphatic heterocycles. The summed E-state index contributed by atoms with van der Waals surface area (Å²) < 4.78 is 39.2. The van der Waals surface area contributed by atoms with Gasteiger partial charge in [0.2, 0.25) is 0 Å². The van der Waals surface area contributed by atoms with Crippen LogP contribution in [-0.2, 0) is 17.6 Å². The number of nitrogens with zero attached hydrogens (tertiary/aromatic N) is 2. The van der Waals surface area contributed by atoms with Crippen LogP contribution >= 0.6 is 0 Å². The average molecular weight is 367 g/mol. The predicted octanol–water partition coefficient (Wildman–Crippen LogP) is 2.50.